The first-order chi connectivity index (χ1) is 17.1. The molecule has 4 heterocycles. The Bertz CT molecular complexity index is 1340. The van der Waals surface area contributed by atoms with Gasteiger partial charge >= 0.3 is 6.09 Å². The van der Waals surface area contributed by atoms with Gasteiger partial charge in [-0.25, -0.2) is 14.8 Å². The van der Waals surface area contributed by atoms with Crippen molar-refractivity contribution in [1.29, 1.82) is 0 Å². The molecule has 0 unspecified atom stereocenters. The van der Waals surface area contributed by atoms with Crippen LogP contribution in [0.25, 0.3) is 33.6 Å². The highest BCUT2D eigenvalue weighted by atomic mass is 16.6. The number of amides is 1. The molecule has 4 aromatic rings. The molecule has 0 spiro atoms. The Kier molecular flexibility index (Phi) is 5.52. The van der Waals surface area contributed by atoms with Gasteiger partial charge < -0.3 is 9.64 Å². The SMILES string of the molecule is Cn1cc(-c2cccc(-c3ncc(-c4cnn([C@H]5CC[C@H](N6CCOC6=O)CC5)c4)cn3)c2)cn1. The van der Waals surface area contributed by atoms with E-state index in [0.717, 1.165) is 53.5 Å². The summed E-state index contributed by atoms with van der Waals surface area (Å²) >= 11 is 0. The minimum atomic E-state index is -0.165. The average Bonchev–Trinajstić information content (AvgIpc) is 3.66. The maximum absolute atomic E-state index is 11.9. The molecule has 35 heavy (non-hydrogen) atoms. The number of cyclic esters (lactones) is 1. The number of ether oxygens (including phenoxy) is 1. The second kappa shape index (κ2) is 8.98. The van der Waals surface area contributed by atoms with Crippen LogP contribution < -0.4 is 0 Å². The third-order valence-corrected chi connectivity index (χ3v) is 7.02. The number of aryl methyl sites for hydroxylation is 1. The number of carbonyl (C=O) groups excluding carboxylic acids is 1. The lowest BCUT2D eigenvalue weighted by atomic mass is 9.90. The monoisotopic (exact) mass is 469 g/mol. The fourth-order valence-electron chi connectivity index (χ4n) is 5.09. The summed E-state index contributed by atoms with van der Waals surface area (Å²) in [4.78, 5) is 23.0. The Hall–Kier alpha value is -4.01. The molecular formula is C26H27N7O2. The first-order valence-corrected chi connectivity index (χ1v) is 12.0. The van der Waals surface area contributed by atoms with E-state index in [1.807, 2.05) is 55.1 Å². The van der Waals surface area contributed by atoms with E-state index in [-0.39, 0.29) is 12.1 Å². The Balaban J connectivity index is 1.13. The fraction of sp³-hybridized carbons (Fsp3) is 0.346. The Morgan fingerprint density at radius 3 is 2.26 bits per heavy atom. The molecule has 0 atom stereocenters. The Morgan fingerprint density at radius 2 is 1.54 bits per heavy atom. The first-order valence-electron chi connectivity index (χ1n) is 12.0. The van der Waals surface area contributed by atoms with Gasteiger partial charge in [0.2, 0.25) is 0 Å². The molecule has 178 valence electrons. The molecule has 1 amide bonds. The zero-order valence-corrected chi connectivity index (χ0v) is 19.6. The van der Waals surface area contributed by atoms with Gasteiger partial charge in [-0.1, -0.05) is 18.2 Å². The fourth-order valence-corrected chi connectivity index (χ4v) is 5.09. The molecule has 0 N–H and O–H groups in total. The number of nitrogens with zero attached hydrogens (tertiary/aromatic N) is 7. The van der Waals surface area contributed by atoms with E-state index in [0.29, 0.717) is 25.0 Å². The van der Waals surface area contributed by atoms with Crippen LogP contribution in [0, 0.1) is 0 Å². The van der Waals surface area contributed by atoms with E-state index in [2.05, 4.69) is 43.2 Å². The molecule has 0 bridgehead atoms. The molecular weight excluding hydrogens is 442 g/mol. The normalized spacial score (nSPS) is 20.3. The quantitative estimate of drug-likeness (QED) is 0.432. The summed E-state index contributed by atoms with van der Waals surface area (Å²) in [5.41, 5.74) is 5.06. The summed E-state index contributed by atoms with van der Waals surface area (Å²) in [6.45, 7) is 1.22. The number of hydrogen-bond donors (Lipinski definition) is 0. The predicted octanol–water partition coefficient (Wildman–Crippen LogP) is 4.34. The van der Waals surface area contributed by atoms with E-state index in [9.17, 15) is 4.79 Å². The van der Waals surface area contributed by atoms with Crippen molar-refractivity contribution in [3.8, 4) is 33.6 Å². The van der Waals surface area contributed by atoms with Gasteiger partial charge in [-0.15, -0.1) is 0 Å². The van der Waals surface area contributed by atoms with Crippen LogP contribution in [-0.4, -0.2) is 59.7 Å². The molecule has 2 fully saturated rings. The number of rotatable bonds is 5. The molecule has 9 nitrogen and oxygen atoms in total. The van der Waals surface area contributed by atoms with Crippen molar-refractivity contribution in [1.82, 2.24) is 34.4 Å². The van der Waals surface area contributed by atoms with Crippen molar-refractivity contribution in [2.45, 2.75) is 37.8 Å². The van der Waals surface area contributed by atoms with Crippen LogP contribution in [0.5, 0.6) is 0 Å². The zero-order valence-electron chi connectivity index (χ0n) is 19.6. The average molecular weight is 470 g/mol. The molecule has 1 aliphatic heterocycles. The van der Waals surface area contributed by atoms with Crippen molar-refractivity contribution in [3.63, 3.8) is 0 Å². The highest BCUT2D eigenvalue weighted by molar-refractivity contribution is 5.70. The van der Waals surface area contributed by atoms with E-state index in [1.165, 1.54) is 0 Å². The van der Waals surface area contributed by atoms with Crippen molar-refractivity contribution in [3.05, 3.63) is 61.4 Å². The molecule has 1 aromatic carbocycles. The molecule has 0 radical (unpaired) electrons. The van der Waals surface area contributed by atoms with E-state index in [1.54, 1.807) is 4.68 Å². The largest absolute Gasteiger partial charge is 0.448 e. The molecule has 3 aromatic heterocycles. The molecule has 6 rings (SSSR count). The van der Waals surface area contributed by atoms with Gasteiger partial charge in [-0.3, -0.25) is 9.36 Å². The minimum Gasteiger partial charge on any atom is -0.448 e. The van der Waals surface area contributed by atoms with Crippen LogP contribution in [0.3, 0.4) is 0 Å². The molecule has 1 saturated heterocycles. The summed E-state index contributed by atoms with van der Waals surface area (Å²) in [7, 11) is 1.91. The second-order valence-electron chi connectivity index (χ2n) is 9.26. The molecule has 1 aliphatic carbocycles. The maximum Gasteiger partial charge on any atom is 0.410 e. The number of carbonyl (C=O) groups is 1. The van der Waals surface area contributed by atoms with Gasteiger partial charge in [0.15, 0.2) is 5.82 Å². The number of benzene rings is 1. The minimum absolute atomic E-state index is 0.165. The van der Waals surface area contributed by atoms with E-state index in [4.69, 9.17) is 4.74 Å². The lowest BCUT2D eigenvalue weighted by Gasteiger charge is -2.33. The van der Waals surface area contributed by atoms with Crippen molar-refractivity contribution in [2.24, 2.45) is 7.05 Å². The van der Waals surface area contributed by atoms with Crippen LogP contribution in [0.1, 0.15) is 31.7 Å². The zero-order chi connectivity index (χ0) is 23.8. The molecule has 9 heteroatoms. The maximum atomic E-state index is 11.9. The topological polar surface area (TPSA) is 91.0 Å². The summed E-state index contributed by atoms with van der Waals surface area (Å²) < 4.78 is 8.95. The molecule has 1 saturated carbocycles. The summed E-state index contributed by atoms with van der Waals surface area (Å²) in [6, 6.07) is 8.81. The van der Waals surface area contributed by atoms with Crippen LogP contribution in [0.15, 0.2) is 61.4 Å². The highest BCUT2D eigenvalue weighted by Gasteiger charge is 2.33. The van der Waals surface area contributed by atoms with Gasteiger partial charge in [-0.2, -0.15) is 10.2 Å². The first kappa shape index (κ1) is 21.5. The highest BCUT2D eigenvalue weighted by Crippen LogP contribution is 2.33. The van der Waals surface area contributed by atoms with Gasteiger partial charge in [0.1, 0.15) is 6.61 Å². The van der Waals surface area contributed by atoms with Crippen LogP contribution in [-0.2, 0) is 11.8 Å². The smallest absolute Gasteiger partial charge is 0.410 e. The number of hydrogen-bond acceptors (Lipinski definition) is 6. The lowest BCUT2D eigenvalue weighted by molar-refractivity contribution is 0.132. The van der Waals surface area contributed by atoms with E-state index >= 15 is 0 Å². The standard InChI is InChI=1S/C26H27N7O2/c1-31-16-21(14-29-31)18-3-2-4-19(11-18)25-27-12-20(13-28-25)22-15-30-33(17-22)24-7-5-23(6-8-24)32-9-10-35-26(32)34/h2-4,11-17,23-24H,5-10H2,1H3/t23-,24-. The summed E-state index contributed by atoms with van der Waals surface area (Å²) in [6.07, 6.45) is 15.3. The van der Waals surface area contributed by atoms with Gasteiger partial charge in [0.25, 0.3) is 0 Å². The van der Waals surface area contributed by atoms with Gasteiger partial charge in [0.05, 0.1) is 25.0 Å². The Labute approximate surface area is 203 Å². The van der Waals surface area contributed by atoms with Crippen LogP contribution >= 0.6 is 0 Å². The number of aromatic nitrogens is 6. The third kappa shape index (κ3) is 4.29. The van der Waals surface area contributed by atoms with E-state index < -0.39 is 0 Å². The van der Waals surface area contributed by atoms with Crippen LogP contribution in [0.2, 0.25) is 0 Å². The Morgan fingerprint density at radius 1 is 0.829 bits per heavy atom. The molecule has 2 aliphatic rings. The third-order valence-electron chi connectivity index (χ3n) is 7.02. The lowest BCUT2D eigenvalue weighted by Crippen LogP contribution is -2.39. The predicted molar refractivity (Wildman–Crippen MR) is 130 cm³/mol. The van der Waals surface area contributed by atoms with Crippen molar-refractivity contribution < 1.29 is 9.53 Å². The van der Waals surface area contributed by atoms with Gasteiger partial charge in [-0.05, 0) is 37.3 Å². The van der Waals surface area contributed by atoms with Crippen LogP contribution in [0.4, 0.5) is 4.79 Å². The van der Waals surface area contributed by atoms with Gasteiger partial charge in [0, 0.05) is 60.1 Å². The van der Waals surface area contributed by atoms with Crippen molar-refractivity contribution >= 4 is 6.09 Å². The summed E-state index contributed by atoms with van der Waals surface area (Å²) in [5, 5.41) is 8.89. The second-order valence-corrected chi connectivity index (χ2v) is 9.26. The van der Waals surface area contributed by atoms with Crippen molar-refractivity contribution in [2.75, 3.05) is 13.2 Å². The summed E-state index contributed by atoms with van der Waals surface area (Å²) in [5.74, 6) is 0.686.